The van der Waals surface area contributed by atoms with Crippen LogP contribution in [-0.4, -0.2) is 16.8 Å². The van der Waals surface area contributed by atoms with Crippen molar-refractivity contribution < 1.29 is 4.92 Å². The minimum absolute atomic E-state index is 0.0937. The Morgan fingerprint density at radius 2 is 1.80 bits per heavy atom. The number of nitro groups is 1. The molecule has 8 nitrogen and oxygen atoms in total. The van der Waals surface area contributed by atoms with Crippen LogP contribution in [0.25, 0.3) is 10.8 Å². The van der Waals surface area contributed by atoms with E-state index in [1.807, 2.05) is 0 Å². The first-order valence-electron chi connectivity index (χ1n) is 5.59. The second kappa shape index (κ2) is 5.22. The second-order valence-corrected chi connectivity index (χ2v) is 3.92. The fourth-order valence-electron chi connectivity index (χ4n) is 1.81. The molecule has 0 bridgehead atoms. The van der Waals surface area contributed by atoms with Crippen molar-refractivity contribution in [2.24, 2.45) is 27.2 Å². The molecule has 0 heterocycles. The smallest absolute Gasteiger partial charge is 0.302 e. The van der Waals surface area contributed by atoms with Gasteiger partial charge in [0.2, 0.25) is 5.96 Å². The van der Waals surface area contributed by atoms with Crippen LogP contribution in [0.4, 0.5) is 11.4 Å². The van der Waals surface area contributed by atoms with Crippen LogP contribution >= 0.6 is 0 Å². The number of aliphatic imine (C=N–C) groups is 2. The highest BCUT2D eigenvalue weighted by Gasteiger charge is 2.18. The third-order valence-corrected chi connectivity index (χ3v) is 2.54. The first-order chi connectivity index (χ1) is 9.49. The van der Waals surface area contributed by atoms with Crippen molar-refractivity contribution in [2.75, 3.05) is 0 Å². The lowest BCUT2D eigenvalue weighted by molar-refractivity contribution is -0.382. The molecular formula is C12H12N6O2. The van der Waals surface area contributed by atoms with Crippen molar-refractivity contribution in [3.63, 3.8) is 0 Å². The lowest BCUT2D eigenvalue weighted by atomic mass is 10.1. The Hall–Kier alpha value is -3.16. The molecule has 8 heteroatoms. The fourth-order valence-corrected chi connectivity index (χ4v) is 1.81. The van der Waals surface area contributed by atoms with Gasteiger partial charge < -0.3 is 17.2 Å². The van der Waals surface area contributed by atoms with E-state index < -0.39 is 4.92 Å². The van der Waals surface area contributed by atoms with E-state index >= 15 is 0 Å². The van der Waals surface area contributed by atoms with Crippen molar-refractivity contribution in [1.82, 2.24) is 0 Å². The molecule has 20 heavy (non-hydrogen) atoms. The average Bonchev–Trinajstić information content (AvgIpc) is 2.36. The summed E-state index contributed by atoms with van der Waals surface area (Å²) in [5.74, 6) is -0.516. The maximum Gasteiger partial charge on any atom is 0.302 e. The van der Waals surface area contributed by atoms with Gasteiger partial charge in [0.15, 0.2) is 5.96 Å². The van der Waals surface area contributed by atoms with Gasteiger partial charge in [0.1, 0.15) is 5.69 Å². The average molecular weight is 272 g/mol. The van der Waals surface area contributed by atoms with Crippen LogP contribution < -0.4 is 17.2 Å². The Morgan fingerprint density at radius 1 is 1.10 bits per heavy atom. The maximum atomic E-state index is 11.2. The summed E-state index contributed by atoms with van der Waals surface area (Å²) in [6.07, 6.45) is 0. The number of guanidine groups is 2. The minimum Gasteiger partial charge on any atom is -0.370 e. The monoisotopic (exact) mass is 272 g/mol. The number of fused-ring (bicyclic) bond motifs is 1. The summed E-state index contributed by atoms with van der Waals surface area (Å²) in [6.45, 7) is 0. The highest BCUT2D eigenvalue weighted by Crippen LogP contribution is 2.35. The molecule has 0 fully saturated rings. The largest absolute Gasteiger partial charge is 0.370 e. The lowest BCUT2D eigenvalue weighted by Crippen LogP contribution is -2.26. The Morgan fingerprint density at radius 3 is 2.45 bits per heavy atom. The van der Waals surface area contributed by atoms with Gasteiger partial charge in [-0.05, 0) is 17.5 Å². The van der Waals surface area contributed by atoms with Crippen LogP contribution in [0.15, 0.2) is 46.4 Å². The third-order valence-electron chi connectivity index (χ3n) is 2.54. The Bertz CT molecular complexity index is 734. The fraction of sp³-hybridized carbons (Fsp3) is 0. The topological polar surface area (TPSA) is 146 Å². The molecule has 0 saturated heterocycles. The van der Waals surface area contributed by atoms with E-state index in [2.05, 4.69) is 9.98 Å². The van der Waals surface area contributed by atoms with Crippen molar-refractivity contribution in [3.05, 3.63) is 46.5 Å². The summed E-state index contributed by atoms with van der Waals surface area (Å²) in [4.78, 5) is 18.1. The van der Waals surface area contributed by atoms with Crippen molar-refractivity contribution >= 4 is 34.1 Å². The summed E-state index contributed by atoms with van der Waals surface area (Å²) in [7, 11) is 0. The van der Waals surface area contributed by atoms with Gasteiger partial charge in [-0.15, -0.1) is 0 Å². The molecule has 0 spiro atoms. The standard InChI is InChI=1S/C12H12N6O2/c13-11(14)17-12(15)16-9-6-5-7-3-1-2-4-8(7)10(9)18(19)20/h1-6H,(H6,13,14,15,16,17). The van der Waals surface area contributed by atoms with Crippen molar-refractivity contribution in [2.45, 2.75) is 0 Å². The van der Waals surface area contributed by atoms with Crippen molar-refractivity contribution in [3.8, 4) is 0 Å². The molecule has 0 radical (unpaired) electrons. The van der Waals surface area contributed by atoms with Gasteiger partial charge in [-0.1, -0.05) is 24.3 Å². The first kappa shape index (κ1) is 13.3. The van der Waals surface area contributed by atoms with Gasteiger partial charge in [0, 0.05) is 0 Å². The molecule has 0 aliphatic rings. The van der Waals surface area contributed by atoms with Crippen molar-refractivity contribution in [1.29, 1.82) is 0 Å². The molecule has 0 unspecified atom stereocenters. The van der Waals surface area contributed by atoms with E-state index in [0.29, 0.717) is 5.39 Å². The summed E-state index contributed by atoms with van der Waals surface area (Å²) >= 11 is 0. The first-order valence-corrected chi connectivity index (χ1v) is 5.59. The SMILES string of the molecule is NC(N)=NC(N)=Nc1ccc2ccccc2c1[N+](=O)[O-]. The molecule has 2 aromatic rings. The van der Waals surface area contributed by atoms with E-state index in [4.69, 9.17) is 17.2 Å². The Labute approximate surface area is 113 Å². The second-order valence-electron chi connectivity index (χ2n) is 3.92. The van der Waals surface area contributed by atoms with Gasteiger partial charge in [0.25, 0.3) is 0 Å². The molecule has 2 rings (SSSR count). The highest BCUT2D eigenvalue weighted by molar-refractivity contribution is 5.99. The zero-order valence-electron chi connectivity index (χ0n) is 10.4. The molecule has 0 amide bonds. The van der Waals surface area contributed by atoms with Crippen LogP contribution in [0.1, 0.15) is 0 Å². The zero-order valence-corrected chi connectivity index (χ0v) is 10.4. The molecule has 0 aliphatic carbocycles. The summed E-state index contributed by atoms with van der Waals surface area (Å²) in [5.41, 5.74) is 15.8. The third kappa shape index (κ3) is 2.64. The quantitative estimate of drug-likeness (QED) is 0.322. The molecule has 6 N–H and O–H groups in total. The number of hydrogen-bond acceptors (Lipinski definition) is 3. The summed E-state index contributed by atoms with van der Waals surface area (Å²) in [6, 6.07) is 10.1. The summed E-state index contributed by atoms with van der Waals surface area (Å²) < 4.78 is 0. The number of nitrogens with zero attached hydrogens (tertiary/aromatic N) is 3. The number of nitro benzene ring substituents is 1. The van der Waals surface area contributed by atoms with Gasteiger partial charge in [-0.2, -0.15) is 4.99 Å². The van der Waals surface area contributed by atoms with E-state index in [0.717, 1.165) is 5.39 Å². The molecule has 2 aromatic carbocycles. The van der Waals surface area contributed by atoms with E-state index in [1.54, 1.807) is 30.3 Å². The van der Waals surface area contributed by atoms with E-state index in [9.17, 15) is 10.1 Å². The van der Waals surface area contributed by atoms with Gasteiger partial charge in [-0.3, -0.25) is 10.1 Å². The number of rotatable bonds is 2. The molecule has 102 valence electrons. The Balaban J connectivity index is 2.68. The Kier molecular flexibility index (Phi) is 3.47. The number of benzene rings is 2. The zero-order chi connectivity index (χ0) is 14.7. The van der Waals surface area contributed by atoms with Crippen LogP contribution in [0.3, 0.4) is 0 Å². The number of hydrogen-bond donors (Lipinski definition) is 3. The molecule has 0 aromatic heterocycles. The molecular weight excluding hydrogens is 260 g/mol. The van der Waals surface area contributed by atoms with Crippen LogP contribution in [-0.2, 0) is 0 Å². The summed E-state index contributed by atoms with van der Waals surface area (Å²) in [5, 5.41) is 12.5. The van der Waals surface area contributed by atoms with Crippen LogP contribution in [0.5, 0.6) is 0 Å². The minimum atomic E-state index is -0.510. The molecule has 0 aliphatic heterocycles. The van der Waals surface area contributed by atoms with Crippen LogP contribution in [0.2, 0.25) is 0 Å². The van der Waals surface area contributed by atoms with Gasteiger partial charge >= 0.3 is 5.69 Å². The predicted octanol–water partition coefficient (Wildman–Crippen LogP) is 0.968. The van der Waals surface area contributed by atoms with E-state index in [-0.39, 0.29) is 23.3 Å². The normalized spacial score (nSPS) is 11.3. The number of nitrogens with two attached hydrogens (primary N) is 3. The van der Waals surface area contributed by atoms with Gasteiger partial charge in [-0.25, -0.2) is 4.99 Å². The lowest BCUT2D eigenvalue weighted by Gasteiger charge is -2.03. The van der Waals surface area contributed by atoms with Crippen LogP contribution in [0, 0.1) is 10.1 Å². The van der Waals surface area contributed by atoms with Gasteiger partial charge in [0.05, 0.1) is 10.3 Å². The van der Waals surface area contributed by atoms with E-state index in [1.165, 1.54) is 6.07 Å². The maximum absolute atomic E-state index is 11.2. The highest BCUT2D eigenvalue weighted by atomic mass is 16.6. The molecule has 0 saturated carbocycles. The predicted molar refractivity (Wildman–Crippen MR) is 77.7 cm³/mol. The molecule has 0 atom stereocenters.